The van der Waals surface area contributed by atoms with Gasteiger partial charge in [-0.25, -0.2) is 4.98 Å². The van der Waals surface area contributed by atoms with E-state index in [9.17, 15) is 4.79 Å². The van der Waals surface area contributed by atoms with Gasteiger partial charge in [-0.3, -0.25) is 4.79 Å². The zero-order valence-corrected chi connectivity index (χ0v) is 12.9. The second kappa shape index (κ2) is 8.37. The Morgan fingerprint density at radius 1 is 1.35 bits per heavy atom. The molecule has 0 aliphatic heterocycles. The lowest BCUT2D eigenvalue weighted by Crippen LogP contribution is -2.35. The maximum Gasteiger partial charge on any atom is 0.226 e. The molecule has 0 radical (unpaired) electrons. The summed E-state index contributed by atoms with van der Waals surface area (Å²) in [5.41, 5.74) is 6.39. The molecule has 2 rings (SSSR count). The largest absolute Gasteiger partial charge is 0.353 e. The predicted molar refractivity (Wildman–Crippen MR) is 82.8 cm³/mol. The van der Waals surface area contributed by atoms with E-state index in [-0.39, 0.29) is 5.91 Å². The smallest absolute Gasteiger partial charge is 0.226 e. The molecule has 1 aliphatic carbocycles. The fourth-order valence-electron chi connectivity index (χ4n) is 2.67. The minimum absolute atomic E-state index is 0.118. The number of amides is 1. The summed E-state index contributed by atoms with van der Waals surface area (Å²) in [5, 5.41) is 6.25. The van der Waals surface area contributed by atoms with Crippen molar-refractivity contribution in [1.82, 2.24) is 10.3 Å². The lowest BCUT2D eigenvalue weighted by atomic mass is 10.1. The molecular formula is C15H25N3OS. The predicted octanol–water partition coefficient (Wildman–Crippen LogP) is 2.42. The molecule has 1 aromatic heterocycles. The SMILES string of the molecule is NCCCc1nc(CC(=O)NC2CCCCCC2)cs1. The van der Waals surface area contributed by atoms with E-state index in [1.54, 1.807) is 11.3 Å². The first-order chi connectivity index (χ1) is 9.78. The van der Waals surface area contributed by atoms with Gasteiger partial charge in [-0.2, -0.15) is 0 Å². The molecule has 1 heterocycles. The standard InChI is InChI=1S/C15H25N3OS/c16-9-5-8-15-18-13(11-20-15)10-14(19)17-12-6-3-1-2-4-7-12/h11-12H,1-10,16H2,(H,17,19). The summed E-state index contributed by atoms with van der Waals surface area (Å²) in [4.78, 5) is 16.6. The summed E-state index contributed by atoms with van der Waals surface area (Å²) in [6.45, 7) is 0.692. The number of nitrogens with two attached hydrogens (primary N) is 1. The number of rotatable bonds is 6. The molecule has 5 heteroatoms. The molecule has 4 nitrogen and oxygen atoms in total. The van der Waals surface area contributed by atoms with Gasteiger partial charge >= 0.3 is 0 Å². The van der Waals surface area contributed by atoms with E-state index in [1.807, 2.05) is 5.38 Å². The third-order valence-corrected chi connectivity index (χ3v) is 4.71. The van der Waals surface area contributed by atoms with Crippen LogP contribution in [0.4, 0.5) is 0 Å². The summed E-state index contributed by atoms with van der Waals surface area (Å²) in [6, 6.07) is 0.375. The first kappa shape index (κ1) is 15.4. The summed E-state index contributed by atoms with van der Waals surface area (Å²) in [6.07, 6.45) is 9.65. The number of hydrogen-bond acceptors (Lipinski definition) is 4. The van der Waals surface area contributed by atoms with Gasteiger partial charge in [-0.05, 0) is 25.8 Å². The minimum atomic E-state index is 0.118. The van der Waals surface area contributed by atoms with Crippen LogP contribution in [0.2, 0.25) is 0 Å². The molecule has 0 bridgehead atoms. The maximum absolute atomic E-state index is 12.0. The van der Waals surface area contributed by atoms with E-state index < -0.39 is 0 Å². The third kappa shape index (κ3) is 5.21. The highest BCUT2D eigenvalue weighted by Crippen LogP contribution is 2.17. The highest BCUT2D eigenvalue weighted by atomic mass is 32.1. The van der Waals surface area contributed by atoms with E-state index in [2.05, 4.69) is 10.3 Å². The topological polar surface area (TPSA) is 68.0 Å². The number of aromatic nitrogens is 1. The second-order valence-electron chi connectivity index (χ2n) is 5.56. The van der Waals surface area contributed by atoms with Crippen molar-refractivity contribution in [1.29, 1.82) is 0 Å². The monoisotopic (exact) mass is 295 g/mol. The molecule has 112 valence electrons. The van der Waals surface area contributed by atoms with Gasteiger partial charge in [0.25, 0.3) is 0 Å². The summed E-state index contributed by atoms with van der Waals surface area (Å²) in [7, 11) is 0. The highest BCUT2D eigenvalue weighted by Gasteiger charge is 2.15. The first-order valence-electron chi connectivity index (χ1n) is 7.70. The van der Waals surface area contributed by atoms with Gasteiger partial charge in [0.15, 0.2) is 0 Å². The van der Waals surface area contributed by atoms with Crippen molar-refractivity contribution in [2.75, 3.05) is 6.54 Å². The van der Waals surface area contributed by atoms with Crippen molar-refractivity contribution in [3.8, 4) is 0 Å². The van der Waals surface area contributed by atoms with Crippen molar-refractivity contribution in [3.63, 3.8) is 0 Å². The van der Waals surface area contributed by atoms with Crippen LogP contribution in [0.5, 0.6) is 0 Å². The molecule has 1 amide bonds. The summed E-state index contributed by atoms with van der Waals surface area (Å²) in [5.74, 6) is 0.118. The summed E-state index contributed by atoms with van der Waals surface area (Å²) < 4.78 is 0. The molecule has 0 spiro atoms. The molecule has 0 aromatic carbocycles. The normalized spacial score (nSPS) is 16.9. The minimum Gasteiger partial charge on any atom is -0.353 e. The van der Waals surface area contributed by atoms with Crippen LogP contribution in [0.3, 0.4) is 0 Å². The Balaban J connectivity index is 1.76. The van der Waals surface area contributed by atoms with Gasteiger partial charge in [-0.1, -0.05) is 25.7 Å². The van der Waals surface area contributed by atoms with Crippen molar-refractivity contribution >= 4 is 17.2 Å². The van der Waals surface area contributed by atoms with E-state index in [0.29, 0.717) is 19.0 Å². The van der Waals surface area contributed by atoms with Crippen LogP contribution < -0.4 is 11.1 Å². The zero-order valence-electron chi connectivity index (χ0n) is 12.1. The van der Waals surface area contributed by atoms with E-state index >= 15 is 0 Å². The van der Waals surface area contributed by atoms with Crippen LogP contribution in [0, 0.1) is 0 Å². The van der Waals surface area contributed by atoms with E-state index in [0.717, 1.165) is 36.4 Å². The van der Waals surface area contributed by atoms with Crippen molar-refractivity contribution < 1.29 is 4.79 Å². The van der Waals surface area contributed by atoms with Crippen LogP contribution in [0.15, 0.2) is 5.38 Å². The Hall–Kier alpha value is -0.940. The fraction of sp³-hybridized carbons (Fsp3) is 0.733. The van der Waals surface area contributed by atoms with Gasteiger partial charge in [0.2, 0.25) is 5.91 Å². The average Bonchev–Trinajstić information content (AvgIpc) is 2.70. The van der Waals surface area contributed by atoms with Gasteiger partial charge in [0.1, 0.15) is 0 Å². The highest BCUT2D eigenvalue weighted by molar-refractivity contribution is 7.09. The Kier molecular flexibility index (Phi) is 6.47. The molecular weight excluding hydrogens is 270 g/mol. The van der Waals surface area contributed by atoms with E-state index in [4.69, 9.17) is 5.73 Å². The van der Waals surface area contributed by atoms with Crippen LogP contribution in [0.1, 0.15) is 55.6 Å². The quantitative estimate of drug-likeness (QED) is 0.792. The van der Waals surface area contributed by atoms with Crippen molar-refractivity contribution in [3.05, 3.63) is 16.1 Å². The molecule has 0 saturated heterocycles. The van der Waals surface area contributed by atoms with Crippen LogP contribution in [0.25, 0.3) is 0 Å². The molecule has 0 unspecified atom stereocenters. The molecule has 1 aliphatic rings. The van der Waals surface area contributed by atoms with Crippen LogP contribution in [-0.2, 0) is 17.6 Å². The summed E-state index contributed by atoms with van der Waals surface area (Å²) >= 11 is 1.63. The number of aryl methyl sites for hydroxylation is 1. The Morgan fingerprint density at radius 2 is 2.10 bits per heavy atom. The molecule has 3 N–H and O–H groups in total. The second-order valence-corrected chi connectivity index (χ2v) is 6.50. The molecule has 1 fully saturated rings. The molecule has 0 atom stereocenters. The molecule has 20 heavy (non-hydrogen) atoms. The Morgan fingerprint density at radius 3 is 2.80 bits per heavy atom. The maximum atomic E-state index is 12.0. The van der Waals surface area contributed by atoms with Crippen LogP contribution in [-0.4, -0.2) is 23.5 Å². The number of hydrogen-bond donors (Lipinski definition) is 2. The molecule has 1 aromatic rings. The van der Waals surface area contributed by atoms with Crippen LogP contribution >= 0.6 is 11.3 Å². The number of nitrogens with zero attached hydrogens (tertiary/aromatic N) is 1. The van der Waals surface area contributed by atoms with Gasteiger partial charge in [0.05, 0.1) is 17.1 Å². The fourth-order valence-corrected chi connectivity index (χ4v) is 3.51. The average molecular weight is 295 g/mol. The number of nitrogens with one attached hydrogen (secondary N) is 1. The van der Waals surface area contributed by atoms with E-state index in [1.165, 1.54) is 25.7 Å². The lowest BCUT2D eigenvalue weighted by molar-refractivity contribution is -0.121. The molecule has 1 saturated carbocycles. The first-order valence-corrected chi connectivity index (χ1v) is 8.58. The Labute approximate surface area is 125 Å². The van der Waals surface area contributed by atoms with Gasteiger partial charge in [0, 0.05) is 17.8 Å². The number of thiazole rings is 1. The van der Waals surface area contributed by atoms with Crippen molar-refractivity contribution in [2.45, 2.75) is 63.8 Å². The number of carbonyl (C=O) groups excluding carboxylic acids is 1. The van der Waals surface area contributed by atoms with Crippen molar-refractivity contribution in [2.24, 2.45) is 5.73 Å². The van der Waals surface area contributed by atoms with Gasteiger partial charge < -0.3 is 11.1 Å². The number of carbonyl (C=O) groups is 1. The Bertz CT molecular complexity index is 411. The van der Waals surface area contributed by atoms with Gasteiger partial charge in [-0.15, -0.1) is 11.3 Å². The zero-order chi connectivity index (χ0) is 14.2. The lowest BCUT2D eigenvalue weighted by Gasteiger charge is -2.15. The third-order valence-electron chi connectivity index (χ3n) is 3.76.